The summed E-state index contributed by atoms with van der Waals surface area (Å²) in [6, 6.07) is 6.84. The van der Waals surface area contributed by atoms with Crippen molar-refractivity contribution in [2.24, 2.45) is 5.73 Å². The lowest BCUT2D eigenvalue weighted by molar-refractivity contribution is 0.283. The van der Waals surface area contributed by atoms with E-state index in [-0.39, 0.29) is 12.4 Å². The fraction of sp³-hybridized carbons (Fsp3) is 0.571. The van der Waals surface area contributed by atoms with Gasteiger partial charge in [0.15, 0.2) is 0 Å². The largest absolute Gasteiger partial charge is 0.396 e. The van der Waals surface area contributed by atoms with Crippen LogP contribution in [0.3, 0.4) is 0 Å². The Balaban J connectivity index is 2.57. The van der Waals surface area contributed by atoms with Gasteiger partial charge < -0.3 is 15.7 Å². The first-order valence-corrected chi connectivity index (χ1v) is 6.60. The minimum atomic E-state index is -0.184. The highest BCUT2D eigenvalue weighted by Crippen LogP contribution is 2.19. The fourth-order valence-electron chi connectivity index (χ4n) is 1.93. The lowest BCUT2D eigenvalue weighted by Gasteiger charge is -2.25. The standard InChI is InChI=1S/C14H23FN2O/c15-13-7-2-3-8-14(13)17(11-6-9-16)10-4-1-5-12-18/h2-3,7-8,18H,1,4-6,9-12,16H2. The molecule has 1 aromatic carbocycles. The van der Waals surface area contributed by atoms with Gasteiger partial charge in [-0.1, -0.05) is 12.1 Å². The smallest absolute Gasteiger partial charge is 0.146 e. The molecule has 0 aromatic heterocycles. The first-order chi connectivity index (χ1) is 8.79. The Morgan fingerprint density at radius 2 is 1.78 bits per heavy atom. The average Bonchev–Trinajstić information content (AvgIpc) is 2.39. The minimum Gasteiger partial charge on any atom is -0.396 e. The van der Waals surface area contributed by atoms with E-state index in [1.165, 1.54) is 6.07 Å². The molecule has 3 N–H and O–H groups in total. The molecular formula is C14H23FN2O. The van der Waals surface area contributed by atoms with Crippen LogP contribution in [-0.4, -0.2) is 31.3 Å². The number of hydrogen-bond acceptors (Lipinski definition) is 3. The lowest BCUT2D eigenvalue weighted by Crippen LogP contribution is -2.28. The Kier molecular flexibility index (Phi) is 7.37. The number of unbranched alkanes of at least 4 members (excludes halogenated alkanes) is 2. The number of benzene rings is 1. The van der Waals surface area contributed by atoms with Crippen LogP contribution in [0.1, 0.15) is 25.7 Å². The molecule has 18 heavy (non-hydrogen) atoms. The van der Waals surface area contributed by atoms with Crippen molar-refractivity contribution in [3.63, 3.8) is 0 Å². The summed E-state index contributed by atoms with van der Waals surface area (Å²) in [5.41, 5.74) is 6.16. The maximum atomic E-state index is 13.7. The second-order valence-corrected chi connectivity index (χ2v) is 4.36. The molecule has 102 valence electrons. The third-order valence-corrected chi connectivity index (χ3v) is 2.91. The van der Waals surface area contributed by atoms with E-state index in [0.29, 0.717) is 12.2 Å². The summed E-state index contributed by atoms with van der Waals surface area (Å²) in [5.74, 6) is -0.184. The summed E-state index contributed by atoms with van der Waals surface area (Å²) in [5, 5.41) is 8.74. The van der Waals surface area contributed by atoms with E-state index >= 15 is 0 Å². The van der Waals surface area contributed by atoms with Crippen molar-refractivity contribution in [2.45, 2.75) is 25.7 Å². The fourth-order valence-corrected chi connectivity index (χ4v) is 1.93. The molecule has 0 aliphatic carbocycles. The Morgan fingerprint density at radius 1 is 1.06 bits per heavy atom. The first kappa shape index (κ1) is 14.9. The first-order valence-electron chi connectivity index (χ1n) is 6.60. The molecule has 1 aromatic rings. The van der Waals surface area contributed by atoms with Crippen LogP contribution >= 0.6 is 0 Å². The van der Waals surface area contributed by atoms with Crippen LogP contribution in [0.2, 0.25) is 0 Å². The molecule has 0 radical (unpaired) electrons. The van der Waals surface area contributed by atoms with Gasteiger partial charge >= 0.3 is 0 Å². The second-order valence-electron chi connectivity index (χ2n) is 4.36. The van der Waals surface area contributed by atoms with Crippen LogP contribution < -0.4 is 10.6 Å². The highest BCUT2D eigenvalue weighted by atomic mass is 19.1. The van der Waals surface area contributed by atoms with Crippen LogP contribution in [0.15, 0.2) is 24.3 Å². The predicted molar refractivity (Wildman–Crippen MR) is 73.2 cm³/mol. The molecule has 0 aliphatic heterocycles. The van der Waals surface area contributed by atoms with Gasteiger partial charge in [0, 0.05) is 19.7 Å². The molecule has 0 aliphatic rings. The number of nitrogens with zero attached hydrogens (tertiary/aromatic N) is 1. The Labute approximate surface area is 108 Å². The van der Waals surface area contributed by atoms with E-state index in [4.69, 9.17) is 10.8 Å². The van der Waals surface area contributed by atoms with E-state index in [1.807, 2.05) is 11.0 Å². The van der Waals surface area contributed by atoms with Crippen molar-refractivity contribution in [2.75, 3.05) is 31.1 Å². The van der Waals surface area contributed by atoms with Gasteiger partial charge in [-0.3, -0.25) is 0 Å². The molecule has 0 fully saturated rings. The maximum absolute atomic E-state index is 13.7. The van der Waals surface area contributed by atoms with Crippen LogP contribution in [0.25, 0.3) is 0 Å². The van der Waals surface area contributed by atoms with Crippen LogP contribution in [0.5, 0.6) is 0 Å². The van der Waals surface area contributed by atoms with Crippen molar-refractivity contribution in [1.29, 1.82) is 0 Å². The molecule has 0 amide bonds. The summed E-state index contributed by atoms with van der Waals surface area (Å²) < 4.78 is 13.7. The van der Waals surface area contributed by atoms with E-state index in [1.54, 1.807) is 12.1 Å². The number of nitrogens with two attached hydrogens (primary N) is 1. The number of anilines is 1. The highest BCUT2D eigenvalue weighted by molar-refractivity contribution is 5.47. The number of hydrogen-bond donors (Lipinski definition) is 2. The third kappa shape index (κ3) is 5.02. The van der Waals surface area contributed by atoms with E-state index in [9.17, 15) is 4.39 Å². The third-order valence-electron chi connectivity index (χ3n) is 2.91. The Bertz CT molecular complexity index is 333. The molecule has 3 nitrogen and oxygen atoms in total. The molecule has 0 heterocycles. The van der Waals surface area contributed by atoms with E-state index in [0.717, 1.165) is 38.8 Å². The van der Waals surface area contributed by atoms with Gasteiger partial charge in [-0.2, -0.15) is 0 Å². The van der Waals surface area contributed by atoms with Crippen molar-refractivity contribution < 1.29 is 9.50 Å². The van der Waals surface area contributed by atoms with Gasteiger partial charge in [-0.15, -0.1) is 0 Å². The van der Waals surface area contributed by atoms with Crippen molar-refractivity contribution in [3.05, 3.63) is 30.1 Å². The van der Waals surface area contributed by atoms with Gasteiger partial charge in [0.25, 0.3) is 0 Å². The molecule has 0 atom stereocenters. The SMILES string of the molecule is NCCCN(CCCCCO)c1ccccc1F. The number of rotatable bonds is 9. The molecule has 0 saturated carbocycles. The molecular weight excluding hydrogens is 231 g/mol. The molecule has 0 bridgehead atoms. The van der Waals surface area contributed by atoms with Crippen LogP contribution in [0, 0.1) is 5.82 Å². The molecule has 0 unspecified atom stereocenters. The normalized spacial score (nSPS) is 10.6. The molecule has 1 rings (SSSR count). The van der Waals surface area contributed by atoms with Crippen molar-refractivity contribution >= 4 is 5.69 Å². The second kappa shape index (κ2) is 8.89. The predicted octanol–water partition coefficient (Wildman–Crippen LogP) is 2.14. The van der Waals surface area contributed by atoms with E-state index in [2.05, 4.69) is 0 Å². The van der Waals surface area contributed by atoms with Crippen molar-refractivity contribution in [1.82, 2.24) is 0 Å². The zero-order valence-electron chi connectivity index (χ0n) is 10.8. The van der Waals surface area contributed by atoms with Gasteiger partial charge in [0.2, 0.25) is 0 Å². The number of aliphatic hydroxyl groups excluding tert-OH is 1. The van der Waals surface area contributed by atoms with Gasteiger partial charge in [-0.05, 0) is 44.4 Å². The van der Waals surface area contributed by atoms with Gasteiger partial charge in [-0.25, -0.2) is 4.39 Å². The average molecular weight is 254 g/mol. The zero-order chi connectivity index (χ0) is 13.2. The Morgan fingerprint density at radius 3 is 2.44 bits per heavy atom. The number of aliphatic hydroxyl groups is 1. The highest BCUT2D eigenvalue weighted by Gasteiger charge is 2.09. The molecule has 0 saturated heterocycles. The van der Waals surface area contributed by atoms with Gasteiger partial charge in [0.05, 0.1) is 5.69 Å². The summed E-state index contributed by atoms with van der Waals surface area (Å²) in [6.45, 7) is 2.42. The lowest BCUT2D eigenvalue weighted by atomic mass is 10.2. The van der Waals surface area contributed by atoms with Crippen LogP contribution in [0.4, 0.5) is 10.1 Å². The topological polar surface area (TPSA) is 49.5 Å². The Hall–Kier alpha value is -1.13. The quantitative estimate of drug-likeness (QED) is 0.664. The summed E-state index contributed by atoms with van der Waals surface area (Å²) in [7, 11) is 0. The minimum absolute atomic E-state index is 0.184. The zero-order valence-corrected chi connectivity index (χ0v) is 10.8. The van der Waals surface area contributed by atoms with E-state index < -0.39 is 0 Å². The monoisotopic (exact) mass is 254 g/mol. The number of halogens is 1. The summed E-state index contributed by atoms with van der Waals surface area (Å²) in [4.78, 5) is 2.04. The molecule has 4 heteroatoms. The molecule has 0 spiro atoms. The summed E-state index contributed by atoms with van der Waals surface area (Å²) >= 11 is 0. The maximum Gasteiger partial charge on any atom is 0.146 e. The van der Waals surface area contributed by atoms with Crippen LogP contribution in [-0.2, 0) is 0 Å². The van der Waals surface area contributed by atoms with Gasteiger partial charge in [0.1, 0.15) is 5.82 Å². The number of para-hydroxylation sites is 1. The summed E-state index contributed by atoms with van der Waals surface area (Å²) in [6.07, 6.45) is 3.58. The van der Waals surface area contributed by atoms with Crippen molar-refractivity contribution in [3.8, 4) is 0 Å².